The zero-order valence-corrected chi connectivity index (χ0v) is 16.2. The molecule has 0 aliphatic carbocycles. The van der Waals surface area contributed by atoms with Crippen LogP contribution in [0.15, 0.2) is 84.9 Å². The predicted molar refractivity (Wildman–Crippen MR) is 111 cm³/mol. The highest BCUT2D eigenvalue weighted by atomic mass is 35.5. The van der Waals surface area contributed by atoms with E-state index < -0.39 is 6.04 Å². The monoisotopic (exact) mass is 392 g/mol. The molecule has 142 valence electrons. The van der Waals surface area contributed by atoms with Gasteiger partial charge in [0.15, 0.2) is 0 Å². The van der Waals surface area contributed by atoms with Crippen LogP contribution >= 0.6 is 11.6 Å². The smallest absolute Gasteiger partial charge is 0.251 e. The van der Waals surface area contributed by atoms with Gasteiger partial charge in [0.25, 0.3) is 5.91 Å². The van der Waals surface area contributed by atoms with Gasteiger partial charge in [0.1, 0.15) is 6.04 Å². The van der Waals surface area contributed by atoms with Gasteiger partial charge in [0.05, 0.1) is 6.04 Å². The zero-order valence-electron chi connectivity index (χ0n) is 15.4. The number of rotatable bonds is 6. The maximum atomic E-state index is 12.8. The van der Waals surface area contributed by atoms with Crippen LogP contribution in [0.3, 0.4) is 0 Å². The Morgan fingerprint density at radius 2 is 1.25 bits per heavy atom. The van der Waals surface area contributed by atoms with Crippen LogP contribution in [-0.4, -0.2) is 17.9 Å². The van der Waals surface area contributed by atoms with Crippen molar-refractivity contribution >= 4 is 23.4 Å². The highest BCUT2D eigenvalue weighted by Gasteiger charge is 2.22. The highest BCUT2D eigenvalue weighted by Crippen LogP contribution is 2.21. The van der Waals surface area contributed by atoms with Crippen molar-refractivity contribution in [3.63, 3.8) is 0 Å². The Bertz CT molecular complexity index is 888. The molecular weight excluding hydrogens is 372 g/mol. The van der Waals surface area contributed by atoms with Crippen LogP contribution in [0, 0.1) is 0 Å². The molecule has 28 heavy (non-hydrogen) atoms. The Morgan fingerprint density at radius 3 is 1.75 bits per heavy atom. The van der Waals surface area contributed by atoms with Crippen molar-refractivity contribution < 1.29 is 9.59 Å². The van der Waals surface area contributed by atoms with Gasteiger partial charge in [-0.15, -0.1) is 0 Å². The van der Waals surface area contributed by atoms with Crippen molar-refractivity contribution in [1.29, 1.82) is 0 Å². The fraction of sp³-hybridized carbons (Fsp3) is 0.130. The number of hydrogen-bond donors (Lipinski definition) is 2. The second kappa shape index (κ2) is 9.20. The molecule has 0 spiro atoms. The summed E-state index contributed by atoms with van der Waals surface area (Å²) in [6, 6.07) is 25.0. The second-order valence-corrected chi connectivity index (χ2v) is 6.90. The van der Waals surface area contributed by atoms with E-state index in [1.165, 1.54) is 0 Å². The number of amides is 2. The molecule has 2 N–H and O–H groups in total. The van der Waals surface area contributed by atoms with E-state index >= 15 is 0 Å². The van der Waals surface area contributed by atoms with Gasteiger partial charge in [-0.2, -0.15) is 0 Å². The summed E-state index contributed by atoms with van der Waals surface area (Å²) >= 11 is 5.85. The summed E-state index contributed by atoms with van der Waals surface area (Å²) in [5.74, 6) is -0.588. The molecule has 0 aliphatic heterocycles. The molecule has 3 rings (SSSR count). The average molecular weight is 393 g/mol. The summed E-state index contributed by atoms with van der Waals surface area (Å²) in [4.78, 5) is 25.1. The molecule has 0 saturated carbocycles. The summed E-state index contributed by atoms with van der Waals surface area (Å²) in [6.07, 6.45) is 0. The van der Waals surface area contributed by atoms with Gasteiger partial charge < -0.3 is 10.6 Å². The third-order valence-electron chi connectivity index (χ3n) is 4.40. The van der Waals surface area contributed by atoms with Crippen LogP contribution in [0.4, 0.5) is 0 Å². The number of hydrogen-bond acceptors (Lipinski definition) is 2. The number of nitrogens with one attached hydrogen (secondary N) is 2. The quantitative estimate of drug-likeness (QED) is 0.654. The van der Waals surface area contributed by atoms with Gasteiger partial charge in [-0.3, -0.25) is 9.59 Å². The standard InChI is InChI=1S/C23H21ClN2O2/c1-16(25-23(28)19-12-14-20(24)15-13-19)22(27)26-21(17-8-4-2-5-9-17)18-10-6-3-7-11-18/h2-16,21H,1H3,(H,25,28)(H,26,27). The first-order valence-corrected chi connectivity index (χ1v) is 9.39. The van der Waals surface area contributed by atoms with Gasteiger partial charge in [-0.05, 0) is 42.3 Å². The lowest BCUT2D eigenvalue weighted by Crippen LogP contribution is -2.46. The summed E-state index contributed by atoms with van der Waals surface area (Å²) in [5.41, 5.74) is 2.39. The minimum absolute atomic E-state index is 0.264. The van der Waals surface area contributed by atoms with E-state index in [4.69, 9.17) is 11.6 Å². The minimum Gasteiger partial charge on any atom is -0.343 e. The van der Waals surface area contributed by atoms with Crippen molar-refractivity contribution in [3.8, 4) is 0 Å². The molecule has 4 nitrogen and oxygen atoms in total. The van der Waals surface area contributed by atoms with E-state index in [0.717, 1.165) is 11.1 Å². The SMILES string of the molecule is CC(NC(=O)c1ccc(Cl)cc1)C(=O)NC(c1ccccc1)c1ccccc1. The normalized spacial score (nSPS) is 11.7. The average Bonchev–Trinajstić information content (AvgIpc) is 2.73. The van der Waals surface area contributed by atoms with Gasteiger partial charge in [-0.25, -0.2) is 0 Å². The van der Waals surface area contributed by atoms with E-state index in [1.54, 1.807) is 31.2 Å². The van der Waals surface area contributed by atoms with E-state index in [-0.39, 0.29) is 17.9 Å². The number of carbonyl (C=O) groups is 2. The third kappa shape index (κ3) is 4.99. The fourth-order valence-corrected chi connectivity index (χ4v) is 2.99. The molecule has 1 atom stereocenters. The lowest BCUT2D eigenvalue weighted by Gasteiger charge is -2.22. The summed E-state index contributed by atoms with van der Waals surface area (Å²) < 4.78 is 0. The Hall–Kier alpha value is -3.11. The van der Waals surface area contributed by atoms with Crippen LogP contribution in [0.25, 0.3) is 0 Å². The van der Waals surface area contributed by atoms with Gasteiger partial charge in [0, 0.05) is 10.6 Å². The van der Waals surface area contributed by atoms with Crippen LogP contribution in [-0.2, 0) is 4.79 Å². The van der Waals surface area contributed by atoms with Crippen molar-refractivity contribution in [2.45, 2.75) is 19.0 Å². The summed E-state index contributed by atoms with van der Waals surface area (Å²) in [6.45, 7) is 1.66. The Kier molecular flexibility index (Phi) is 6.45. The van der Waals surface area contributed by atoms with E-state index in [0.29, 0.717) is 10.6 Å². The zero-order chi connectivity index (χ0) is 19.9. The lowest BCUT2D eigenvalue weighted by molar-refractivity contribution is -0.123. The first-order valence-electron chi connectivity index (χ1n) is 9.01. The molecule has 1 unspecified atom stereocenters. The molecule has 5 heteroatoms. The van der Waals surface area contributed by atoms with E-state index in [9.17, 15) is 9.59 Å². The van der Waals surface area contributed by atoms with Crippen molar-refractivity contribution in [3.05, 3.63) is 107 Å². The molecule has 0 saturated heterocycles. The molecule has 3 aromatic rings. The Morgan fingerprint density at radius 1 is 0.750 bits per heavy atom. The van der Waals surface area contributed by atoms with E-state index in [2.05, 4.69) is 10.6 Å². The van der Waals surface area contributed by atoms with Crippen molar-refractivity contribution in [1.82, 2.24) is 10.6 Å². The van der Waals surface area contributed by atoms with Crippen LogP contribution < -0.4 is 10.6 Å². The topological polar surface area (TPSA) is 58.2 Å². The number of halogens is 1. The van der Waals surface area contributed by atoms with Crippen LogP contribution in [0.5, 0.6) is 0 Å². The maximum absolute atomic E-state index is 12.8. The number of carbonyl (C=O) groups excluding carboxylic acids is 2. The molecule has 0 bridgehead atoms. The molecule has 3 aromatic carbocycles. The van der Waals surface area contributed by atoms with Gasteiger partial charge in [-0.1, -0.05) is 72.3 Å². The highest BCUT2D eigenvalue weighted by molar-refractivity contribution is 6.30. The van der Waals surface area contributed by atoms with E-state index in [1.807, 2.05) is 60.7 Å². The maximum Gasteiger partial charge on any atom is 0.251 e. The van der Waals surface area contributed by atoms with Crippen LogP contribution in [0.2, 0.25) is 5.02 Å². The summed E-state index contributed by atoms with van der Waals surface area (Å²) in [5, 5.41) is 6.32. The largest absolute Gasteiger partial charge is 0.343 e. The number of benzene rings is 3. The second-order valence-electron chi connectivity index (χ2n) is 6.47. The molecule has 0 fully saturated rings. The van der Waals surface area contributed by atoms with Gasteiger partial charge >= 0.3 is 0 Å². The minimum atomic E-state index is -0.696. The molecule has 0 radical (unpaired) electrons. The predicted octanol–water partition coefficient (Wildman–Crippen LogP) is 4.36. The fourth-order valence-electron chi connectivity index (χ4n) is 2.86. The molecule has 0 heterocycles. The third-order valence-corrected chi connectivity index (χ3v) is 4.65. The Balaban J connectivity index is 1.72. The lowest BCUT2D eigenvalue weighted by atomic mass is 9.98. The summed E-state index contributed by atoms with van der Waals surface area (Å²) in [7, 11) is 0. The Labute approximate surface area is 169 Å². The molecule has 0 aromatic heterocycles. The molecule has 0 aliphatic rings. The van der Waals surface area contributed by atoms with Crippen LogP contribution in [0.1, 0.15) is 34.5 Å². The van der Waals surface area contributed by atoms with Gasteiger partial charge in [0.2, 0.25) is 5.91 Å². The first kappa shape index (κ1) is 19.6. The molecule has 2 amide bonds. The first-order chi connectivity index (χ1) is 13.5. The van der Waals surface area contributed by atoms with Crippen molar-refractivity contribution in [2.75, 3.05) is 0 Å². The molecular formula is C23H21ClN2O2. The van der Waals surface area contributed by atoms with Crippen molar-refractivity contribution in [2.24, 2.45) is 0 Å².